The molecule has 1 aromatic rings. The van der Waals surface area contributed by atoms with Crippen LogP contribution in [0.3, 0.4) is 0 Å². The van der Waals surface area contributed by atoms with Gasteiger partial charge < -0.3 is 4.74 Å². The summed E-state index contributed by atoms with van der Waals surface area (Å²) in [5.74, 6) is 0. The first-order valence-electron chi connectivity index (χ1n) is 5.00. The van der Waals surface area contributed by atoms with Gasteiger partial charge in [0.15, 0.2) is 4.62 Å². The normalized spacial score (nSPS) is 24.5. The molecule has 18 heavy (non-hydrogen) atoms. The molecule has 5 nitrogen and oxygen atoms in total. The van der Waals surface area contributed by atoms with Gasteiger partial charge in [0.25, 0.3) is 0 Å². The number of hydrogen-bond acceptors (Lipinski definition) is 4. The molecular formula is C10H11Br2N3O2S. The fraction of sp³-hybridized carbons (Fsp3) is 0.400. The SMILES string of the molecule is COC1(c2ccc(Br)s2)C(Br)=NN(C)C(=O)N1C. The highest BCUT2D eigenvalue weighted by atomic mass is 79.9. The largest absolute Gasteiger partial charge is 0.348 e. The minimum atomic E-state index is -1.000. The molecule has 0 bridgehead atoms. The van der Waals surface area contributed by atoms with E-state index in [1.807, 2.05) is 12.1 Å². The molecule has 0 aliphatic carbocycles. The molecule has 1 unspecified atom stereocenters. The highest BCUT2D eigenvalue weighted by Gasteiger charge is 2.49. The van der Waals surface area contributed by atoms with E-state index in [0.717, 1.165) is 8.66 Å². The number of carbonyl (C=O) groups excluding carboxylic acids is 1. The third kappa shape index (κ3) is 1.91. The third-order valence-electron chi connectivity index (χ3n) is 2.76. The molecule has 1 atom stereocenters. The number of amides is 2. The minimum absolute atomic E-state index is 0.232. The molecule has 1 aliphatic rings. The molecule has 8 heteroatoms. The number of thiophene rings is 1. The lowest BCUT2D eigenvalue weighted by atomic mass is 10.1. The van der Waals surface area contributed by atoms with E-state index in [1.165, 1.54) is 21.2 Å². The van der Waals surface area contributed by atoms with Crippen LogP contribution in [0, 0.1) is 0 Å². The lowest BCUT2D eigenvalue weighted by Crippen LogP contribution is -2.58. The molecule has 0 N–H and O–H groups in total. The molecular weight excluding hydrogens is 386 g/mol. The van der Waals surface area contributed by atoms with Crippen molar-refractivity contribution in [2.45, 2.75) is 5.72 Å². The number of ether oxygens (including phenoxy) is 1. The van der Waals surface area contributed by atoms with Crippen molar-refractivity contribution >= 4 is 53.8 Å². The second kappa shape index (κ2) is 4.92. The predicted molar refractivity (Wildman–Crippen MR) is 78.0 cm³/mol. The van der Waals surface area contributed by atoms with Crippen LogP contribution in [0.15, 0.2) is 21.0 Å². The lowest BCUT2D eigenvalue weighted by molar-refractivity contribution is -0.0593. The van der Waals surface area contributed by atoms with Crippen molar-refractivity contribution in [3.05, 3.63) is 20.8 Å². The van der Waals surface area contributed by atoms with Crippen molar-refractivity contribution in [2.75, 3.05) is 21.2 Å². The number of methoxy groups -OCH3 is 1. The van der Waals surface area contributed by atoms with Crippen molar-refractivity contribution < 1.29 is 9.53 Å². The summed E-state index contributed by atoms with van der Waals surface area (Å²) in [7, 11) is 4.84. The van der Waals surface area contributed by atoms with Crippen molar-refractivity contribution in [3.63, 3.8) is 0 Å². The Morgan fingerprint density at radius 3 is 2.56 bits per heavy atom. The van der Waals surface area contributed by atoms with E-state index in [9.17, 15) is 4.79 Å². The zero-order valence-electron chi connectivity index (χ0n) is 9.98. The average Bonchev–Trinajstić information content (AvgIpc) is 2.75. The molecule has 1 aromatic heterocycles. The number of rotatable bonds is 2. The van der Waals surface area contributed by atoms with Crippen LogP contribution in [0.4, 0.5) is 4.79 Å². The summed E-state index contributed by atoms with van der Waals surface area (Å²) in [6, 6.07) is 3.59. The Morgan fingerprint density at radius 2 is 2.06 bits per heavy atom. The van der Waals surface area contributed by atoms with E-state index >= 15 is 0 Å². The molecule has 98 valence electrons. The van der Waals surface area contributed by atoms with Gasteiger partial charge in [-0.3, -0.25) is 4.90 Å². The van der Waals surface area contributed by atoms with Gasteiger partial charge in [0, 0.05) is 21.2 Å². The van der Waals surface area contributed by atoms with Crippen LogP contribution in [-0.4, -0.2) is 41.8 Å². The van der Waals surface area contributed by atoms with Crippen LogP contribution in [0.2, 0.25) is 0 Å². The number of halogens is 2. The van der Waals surface area contributed by atoms with E-state index in [2.05, 4.69) is 37.0 Å². The summed E-state index contributed by atoms with van der Waals surface area (Å²) in [4.78, 5) is 14.5. The first-order valence-corrected chi connectivity index (χ1v) is 7.40. The molecule has 0 spiro atoms. The van der Waals surface area contributed by atoms with E-state index in [-0.39, 0.29) is 6.03 Å². The van der Waals surface area contributed by atoms with Gasteiger partial charge in [0.05, 0.1) is 8.66 Å². The summed E-state index contributed by atoms with van der Waals surface area (Å²) in [5, 5.41) is 5.43. The first kappa shape index (κ1) is 14.0. The van der Waals surface area contributed by atoms with Crippen molar-refractivity contribution in [3.8, 4) is 0 Å². The maximum Gasteiger partial charge on any atom is 0.342 e. The molecule has 0 fully saturated rings. The van der Waals surface area contributed by atoms with Crippen LogP contribution in [-0.2, 0) is 10.5 Å². The molecule has 2 amide bonds. The highest BCUT2D eigenvalue weighted by Crippen LogP contribution is 2.40. The van der Waals surface area contributed by atoms with E-state index in [4.69, 9.17) is 4.74 Å². The Labute approximate surface area is 126 Å². The average molecular weight is 397 g/mol. The molecule has 0 radical (unpaired) electrons. The smallest absolute Gasteiger partial charge is 0.342 e. The monoisotopic (exact) mass is 395 g/mol. The maximum atomic E-state index is 12.1. The van der Waals surface area contributed by atoms with Gasteiger partial charge in [-0.1, -0.05) is 0 Å². The quantitative estimate of drug-likeness (QED) is 0.771. The topological polar surface area (TPSA) is 45.1 Å². The molecule has 0 saturated heterocycles. The Hall–Kier alpha value is -0.440. The number of hydrogen-bond donors (Lipinski definition) is 0. The van der Waals surface area contributed by atoms with Gasteiger partial charge in [-0.15, -0.1) is 11.3 Å². The van der Waals surface area contributed by atoms with Crippen molar-refractivity contribution in [1.29, 1.82) is 0 Å². The summed E-state index contributed by atoms with van der Waals surface area (Å²) in [6.45, 7) is 0. The van der Waals surface area contributed by atoms with Gasteiger partial charge in [-0.2, -0.15) is 5.10 Å². The first-order chi connectivity index (χ1) is 8.43. The summed E-state index contributed by atoms with van der Waals surface area (Å²) in [6.07, 6.45) is 0. The predicted octanol–water partition coefficient (Wildman–Crippen LogP) is 3.02. The van der Waals surface area contributed by atoms with Crippen LogP contribution in [0.25, 0.3) is 0 Å². The van der Waals surface area contributed by atoms with Crippen molar-refractivity contribution in [1.82, 2.24) is 9.91 Å². The van der Waals surface area contributed by atoms with Crippen LogP contribution in [0.5, 0.6) is 0 Å². The van der Waals surface area contributed by atoms with E-state index in [1.54, 1.807) is 21.2 Å². The number of urea groups is 1. The van der Waals surface area contributed by atoms with Crippen LogP contribution < -0.4 is 0 Å². The standard InChI is InChI=1S/C10H11Br2N3O2S/c1-14-9(16)15(2)13-8(12)10(14,17-3)6-4-5-7(11)18-6/h4-5H,1-3H3. The van der Waals surface area contributed by atoms with Gasteiger partial charge in [0.1, 0.15) is 0 Å². The number of nitrogens with zero attached hydrogens (tertiary/aromatic N) is 3. The summed E-state index contributed by atoms with van der Waals surface area (Å²) >= 11 is 8.32. The molecule has 0 aromatic carbocycles. The maximum absolute atomic E-state index is 12.1. The van der Waals surface area contributed by atoms with Gasteiger partial charge in [-0.05, 0) is 44.0 Å². The number of carbonyl (C=O) groups is 1. The zero-order chi connectivity index (χ0) is 13.5. The summed E-state index contributed by atoms with van der Waals surface area (Å²) < 4.78 is 7.12. The lowest BCUT2D eigenvalue weighted by Gasteiger charge is -2.42. The fourth-order valence-corrected chi connectivity index (χ4v) is 4.42. The number of hydrazone groups is 1. The Kier molecular flexibility index (Phi) is 3.82. The second-order valence-corrected chi connectivity index (χ2v) is 6.92. The molecule has 1 aliphatic heterocycles. The Bertz CT molecular complexity index is 519. The van der Waals surface area contributed by atoms with Crippen LogP contribution in [0.1, 0.15) is 4.88 Å². The zero-order valence-corrected chi connectivity index (χ0v) is 14.0. The van der Waals surface area contributed by atoms with E-state index in [0.29, 0.717) is 4.62 Å². The Balaban J connectivity index is 2.61. The summed E-state index contributed by atoms with van der Waals surface area (Å²) in [5.41, 5.74) is -1.000. The Morgan fingerprint density at radius 1 is 1.39 bits per heavy atom. The van der Waals surface area contributed by atoms with Gasteiger partial charge in [-0.25, -0.2) is 9.80 Å². The fourth-order valence-electron chi connectivity index (χ4n) is 1.82. The van der Waals surface area contributed by atoms with E-state index < -0.39 is 5.72 Å². The van der Waals surface area contributed by atoms with Gasteiger partial charge in [0.2, 0.25) is 5.72 Å². The second-order valence-electron chi connectivity index (χ2n) is 3.71. The molecule has 0 saturated carbocycles. The van der Waals surface area contributed by atoms with Crippen molar-refractivity contribution in [2.24, 2.45) is 5.10 Å². The highest BCUT2D eigenvalue weighted by molar-refractivity contribution is 9.18. The minimum Gasteiger partial charge on any atom is -0.348 e. The third-order valence-corrected chi connectivity index (χ3v) is 5.17. The molecule has 2 heterocycles. The molecule has 2 rings (SSSR count). The van der Waals surface area contributed by atoms with Gasteiger partial charge >= 0.3 is 6.03 Å². The van der Waals surface area contributed by atoms with Crippen LogP contribution >= 0.6 is 43.2 Å².